The van der Waals surface area contributed by atoms with Gasteiger partial charge in [-0.3, -0.25) is 14.5 Å². The van der Waals surface area contributed by atoms with E-state index in [1.165, 1.54) is 6.42 Å². The Morgan fingerprint density at radius 1 is 1.48 bits per heavy atom. The number of aromatic nitrogens is 2. The smallest absolute Gasteiger partial charge is 0.307 e. The maximum atomic E-state index is 11.9. The molecule has 1 atom stereocenters. The van der Waals surface area contributed by atoms with Gasteiger partial charge in [0, 0.05) is 24.8 Å². The normalized spacial score (nSPS) is 19.4. The molecule has 0 bridgehead atoms. The first-order valence-electron chi connectivity index (χ1n) is 8.47. The number of rotatable bonds is 6. The summed E-state index contributed by atoms with van der Waals surface area (Å²) >= 11 is 7.78. The number of alkyl halides is 1. The van der Waals surface area contributed by atoms with E-state index in [4.69, 9.17) is 11.6 Å². The summed E-state index contributed by atoms with van der Waals surface area (Å²) in [5.74, 6) is 0.667. The van der Waals surface area contributed by atoms with Crippen LogP contribution in [0.15, 0.2) is 17.1 Å². The summed E-state index contributed by atoms with van der Waals surface area (Å²) in [6.45, 7) is 2.63. The molecule has 3 rings (SSSR count). The van der Waals surface area contributed by atoms with Crippen LogP contribution in [0.2, 0.25) is 0 Å². The van der Waals surface area contributed by atoms with Gasteiger partial charge in [-0.2, -0.15) is 0 Å². The van der Waals surface area contributed by atoms with Crippen LogP contribution in [0.1, 0.15) is 24.8 Å². The molecule has 3 heterocycles. The number of halogens is 1. The van der Waals surface area contributed by atoms with Gasteiger partial charge >= 0.3 is 4.87 Å². The molecule has 0 radical (unpaired) electrons. The fourth-order valence-electron chi connectivity index (χ4n) is 3.35. The molecule has 0 aromatic carbocycles. The zero-order chi connectivity index (χ0) is 18.0. The summed E-state index contributed by atoms with van der Waals surface area (Å²) in [7, 11) is 4.17. The number of nitrogens with one attached hydrogen (secondary N) is 1. The number of piperidine rings is 1. The molecule has 1 aliphatic rings. The summed E-state index contributed by atoms with van der Waals surface area (Å²) in [6, 6.07) is 1.76. The van der Waals surface area contributed by atoms with Gasteiger partial charge < -0.3 is 9.88 Å². The fourth-order valence-corrected chi connectivity index (χ4v) is 4.29. The number of hydrogen-bond donors (Lipinski definition) is 1. The van der Waals surface area contributed by atoms with Gasteiger partial charge in [-0.15, -0.1) is 0 Å². The first-order chi connectivity index (χ1) is 11.9. The Bertz CT molecular complexity index is 797. The number of carbonyl (C=O) groups is 1. The largest absolute Gasteiger partial charge is 0.311 e. The third kappa shape index (κ3) is 3.95. The van der Waals surface area contributed by atoms with Gasteiger partial charge in [-0.1, -0.05) is 22.9 Å². The number of H-pyrrole nitrogens is 1. The van der Waals surface area contributed by atoms with Crippen molar-refractivity contribution in [1.29, 1.82) is 0 Å². The fraction of sp³-hybridized carbons (Fsp3) is 0.588. The molecule has 6 nitrogen and oxygen atoms in total. The lowest BCUT2D eigenvalue weighted by Crippen LogP contribution is -2.47. The third-order valence-electron chi connectivity index (χ3n) is 4.90. The molecule has 0 saturated carbocycles. The van der Waals surface area contributed by atoms with Crippen molar-refractivity contribution in [2.45, 2.75) is 24.3 Å². The highest BCUT2D eigenvalue weighted by atomic mass is 35.5. The van der Waals surface area contributed by atoms with Crippen molar-refractivity contribution >= 4 is 39.6 Å². The maximum Gasteiger partial charge on any atom is 0.307 e. The molecule has 1 saturated heterocycles. The lowest BCUT2D eigenvalue weighted by atomic mass is 9.91. The monoisotopic (exact) mass is 382 g/mol. The minimum Gasteiger partial charge on any atom is -0.311 e. The van der Waals surface area contributed by atoms with Crippen molar-refractivity contribution in [3.05, 3.63) is 27.5 Å². The molecule has 1 N–H and O–H groups in total. The van der Waals surface area contributed by atoms with Crippen LogP contribution < -0.4 is 4.87 Å². The summed E-state index contributed by atoms with van der Waals surface area (Å²) in [5, 5.41) is 0. The summed E-state index contributed by atoms with van der Waals surface area (Å²) in [6.07, 6.45) is 5.61. The Morgan fingerprint density at radius 3 is 2.84 bits per heavy atom. The van der Waals surface area contributed by atoms with E-state index in [2.05, 4.69) is 29.0 Å². The molecule has 2 aromatic heterocycles. The van der Waals surface area contributed by atoms with E-state index in [1.807, 2.05) is 4.90 Å². The van der Waals surface area contributed by atoms with E-state index in [0.29, 0.717) is 21.8 Å². The van der Waals surface area contributed by atoms with Crippen molar-refractivity contribution in [3.8, 4) is 0 Å². The molecule has 1 unspecified atom stereocenters. The quantitative estimate of drug-likeness (QED) is 0.471. The minimum atomic E-state index is -1.23. The molecule has 1 aliphatic heterocycles. The predicted molar refractivity (Wildman–Crippen MR) is 101 cm³/mol. The number of thiazole rings is 1. The number of nitrogens with zero attached hydrogens (tertiary/aromatic N) is 3. The second kappa shape index (κ2) is 7.53. The van der Waals surface area contributed by atoms with Crippen molar-refractivity contribution in [3.63, 3.8) is 0 Å². The summed E-state index contributed by atoms with van der Waals surface area (Å²) in [5.41, 5.74) is 1.23. The number of pyridine rings is 1. The van der Waals surface area contributed by atoms with Crippen LogP contribution in [0, 0.1) is 5.92 Å². The first kappa shape index (κ1) is 18.5. The van der Waals surface area contributed by atoms with Crippen LogP contribution in [0.25, 0.3) is 10.3 Å². The van der Waals surface area contributed by atoms with Gasteiger partial charge in [0.15, 0.2) is 11.3 Å². The van der Waals surface area contributed by atoms with E-state index in [1.54, 1.807) is 12.3 Å². The van der Waals surface area contributed by atoms with Crippen LogP contribution in [-0.2, 0) is 9.79 Å². The summed E-state index contributed by atoms with van der Waals surface area (Å²) in [4.78, 5) is 33.8. The molecular formula is C17H23ClN4O2S. The lowest BCUT2D eigenvalue weighted by molar-refractivity contribution is -0.115. The zero-order valence-electron chi connectivity index (χ0n) is 14.5. The Hall–Kier alpha value is -1.28. The molecule has 0 spiro atoms. The van der Waals surface area contributed by atoms with Crippen LogP contribution in [-0.4, -0.2) is 59.8 Å². The SMILES string of the molecule is CN(C)CCC1CCN(C(Cl)(C=O)c2cnc3sc(=O)[nH]c3c2)CC1. The van der Waals surface area contributed by atoms with Gasteiger partial charge in [0.05, 0.1) is 5.52 Å². The zero-order valence-corrected chi connectivity index (χ0v) is 16.1. The van der Waals surface area contributed by atoms with E-state index in [-0.39, 0.29) is 4.87 Å². The van der Waals surface area contributed by atoms with Crippen molar-refractivity contribution in [1.82, 2.24) is 19.8 Å². The van der Waals surface area contributed by atoms with Crippen molar-refractivity contribution in [2.24, 2.45) is 5.92 Å². The number of fused-ring (bicyclic) bond motifs is 1. The molecule has 136 valence electrons. The van der Waals surface area contributed by atoms with Crippen molar-refractivity contribution in [2.75, 3.05) is 33.7 Å². The first-order valence-corrected chi connectivity index (χ1v) is 9.66. The maximum absolute atomic E-state index is 11.9. The Morgan fingerprint density at radius 2 is 2.20 bits per heavy atom. The van der Waals surface area contributed by atoms with E-state index < -0.39 is 5.00 Å². The van der Waals surface area contributed by atoms with Gasteiger partial charge in [0.25, 0.3) is 0 Å². The average molecular weight is 383 g/mol. The highest BCUT2D eigenvalue weighted by molar-refractivity contribution is 7.15. The third-order valence-corrected chi connectivity index (χ3v) is 6.25. The molecular weight excluding hydrogens is 360 g/mol. The Kier molecular flexibility index (Phi) is 5.58. The highest BCUT2D eigenvalue weighted by Crippen LogP contribution is 2.36. The van der Waals surface area contributed by atoms with E-state index in [9.17, 15) is 9.59 Å². The molecule has 8 heteroatoms. The van der Waals surface area contributed by atoms with Crippen LogP contribution >= 0.6 is 22.9 Å². The summed E-state index contributed by atoms with van der Waals surface area (Å²) < 4.78 is 0. The van der Waals surface area contributed by atoms with Gasteiger partial charge in [-0.25, -0.2) is 4.98 Å². The van der Waals surface area contributed by atoms with Gasteiger partial charge in [-0.05, 0) is 51.9 Å². The standard InChI is InChI=1S/C17H23ClN4O2S/c1-21(2)6-3-12-4-7-22(8-5-12)17(18,11-23)13-9-14-15(19-10-13)25-16(24)20-14/h9-12H,3-8H2,1-2H3,(H,20,24). The van der Waals surface area contributed by atoms with Crippen molar-refractivity contribution < 1.29 is 4.79 Å². The number of likely N-dealkylation sites (tertiary alicyclic amines) is 1. The average Bonchev–Trinajstić information content (AvgIpc) is 2.98. The topological polar surface area (TPSA) is 69.3 Å². The van der Waals surface area contributed by atoms with E-state index >= 15 is 0 Å². The number of hydrogen-bond acceptors (Lipinski definition) is 6. The molecule has 0 amide bonds. The Balaban J connectivity index is 1.76. The Labute approximate surface area is 155 Å². The lowest BCUT2D eigenvalue weighted by Gasteiger charge is -2.40. The molecule has 1 fully saturated rings. The molecule has 2 aromatic rings. The second-order valence-electron chi connectivity index (χ2n) is 6.90. The van der Waals surface area contributed by atoms with E-state index in [0.717, 1.165) is 50.1 Å². The molecule has 0 aliphatic carbocycles. The van der Waals surface area contributed by atoms with Crippen LogP contribution in [0.4, 0.5) is 0 Å². The predicted octanol–water partition coefficient (Wildman–Crippen LogP) is 2.24. The highest BCUT2D eigenvalue weighted by Gasteiger charge is 2.39. The number of aromatic amines is 1. The molecule has 25 heavy (non-hydrogen) atoms. The van der Waals surface area contributed by atoms with Crippen LogP contribution in [0.3, 0.4) is 0 Å². The number of aldehydes is 1. The second-order valence-corrected chi connectivity index (χ2v) is 8.44. The van der Waals surface area contributed by atoms with Gasteiger partial charge in [0.1, 0.15) is 4.83 Å². The van der Waals surface area contributed by atoms with Gasteiger partial charge in [0.2, 0.25) is 0 Å². The minimum absolute atomic E-state index is 0.160. The van der Waals surface area contributed by atoms with Crippen LogP contribution in [0.5, 0.6) is 0 Å². The number of carbonyl (C=O) groups excluding carboxylic acids is 1.